The van der Waals surface area contributed by atoms with E-state index in [9.17, 15) is 4.79 Å². The van der Waals surface area contributed by atoms with Gasteiger partial charge in [0.05, 0.1) is 12.2 Å². The second-order valence-electron chi connectivity index (χ2n) is 6.94. The Bertz CT molecular complexity index is 909. The van der Waals surface area contributed by atoms with Crippen molar-refractivity contribution in [2.75, 3.05) is 23.3 Å². The van der Waals surface area contributed by atoms with Crippen LogP contribution in [0.5, 0.6) is 0 Å². The third-order valence-corrected chi connectivity index (χ3v) is 5.90. The topological polar surface area (TPSA) is 50.2 Å². The van der Waals surface area contributed by atoms with Gasteiger partial charge in [0, 0.05) is 29.9 Å². The summed E-state index contributed by atoms with van der Waals surface area (Å²) in [5, 5.41) is 6.18. The lowest BCUT2D eigenvalue weighted by atomic mass is 10.1. The Hall–Kier alpha value is -2.60. The summed E-state index contributed by atoms with van der Waals surface area (Å²) in [4.78, 5) is 19.9. The summed E-state index contributed by atoms with van der Waals surface area (Å²) in [6, 6.07) is 13.4. The van der Waals surface area contributed by atoms with Crippen LogP contribution in [-0.2, 0) is 6.54 Å². The molecule has 0 aliphatic carbocycles. The number of piperidine rings is 1. The quantitative estimate of drug-likeness (QED) is 0.707. The molecule has 1 fully saturated rings. The standard InChI is InChI=1S/C21H24N4OS/c1-16-10-11-19(20(26)22-17-8-4-2-5-9-17)25(16)14-18-15-27-21(23-18)24-12-6-3-7-13-24/h2,4-5,8-11,15H,3,6-7,12-14H2,1H3,(H,22,26). The minimum absolute atomic E-state index is 0.0965. The molecular formula is C21H24N4OS. The van der Waals surface area contributed by atoms with Gasteiger partial charge in [-0.2, -0.15) is 0 Å². The van der Waals surface area contributed by atoms with Gasteiger partial charge in [0.15, 0.2) is 5.13 Å². The minimum atomic E-state index is -0.0965. The Labute approximate surface area is 163 Å². The van der Waals surface area contributed by atoms with Gasteiger partial charge in [-0.1, -0.05) is 18.2 Å². The molecule has 1 amide bonds. The number of para-hydroxylation sites is 1. The van der Waals surface area contributed by atoms with E-state index in [1.807, 2.05) is 54.0 Å². The first-order valence-electron chi connectivity index (χ1n) is 9.42. The number of carbonyl (C=O) groups excluding carboxylic acids is 1. The van der Waals surface area contributed by atoms with Gasteiger partial charge in [-0.05, 0) is 50.5 Å². The molecule has 4 rings (SSSR count). The van der Waals surface area contributed by atoms with Crippen LogP contribution in [0, 0.1) is 6.92 Å². The molecule has 27 heavy (non-hydrogen) atoms. The fraction of sp³-hybridized carbons (Fsp3) is 0.333. The van der Waals surface area contributed by atoms with Crippen LogP contribution in [0.4, 0.5) is 10.8 Å². The van der Waals surface area contributed by atoms with E-state index in [0.717, 1.165) is 35.3 Å². The molecule has 0 atom stereocenters. The van der Waals surface area contributed by atoms with Gasteiger partial charge in [0.2, 0.25) is 0 Å². The largest absolute Gasteiger partial charge is 0.348 e. The van der Waals surface area contributed by atoms with E-state index in [4.69, 9.17) is 4.98 Å². The van der Waals surface area contributed by atoms with Crippen molar-refractivity contribution < 1.29 is 4.79 Å². The first-order valence-corrected chi connectivity index (χ1v) is 10.3. The van der Waals surface area contributed by atoms with Crippen LogP contribution in [0.1, 0.15) is 41.1 Å². The van der Waals surface area contributed by atoms with Crippen LogP contribution in [-0.4, -0.2) is 28.5 Å². The van der Waals surface area contributed by atoms with Crippen molar-refractivity contribution >= 4 is 28.1 Å². The maximum Gasteiger partial charge on any atom is 0.272 e. The van der Waals surface area contributed by atoms with Crippen LogP contribution in [0.2, 0.25) is 0 Å². The fourth-order valence-corrected chi connectivity index (χ4v) is 4.33. The van der Waals surface area contributed by atoms with Gasteiger partial charge in [0.1, 0.15) is 5.69 Å². The van der Waals surface area contributed by atoms with Crippen molar-refractivity contribution in [3.8, 4) is 0 Å². The molecule has 2 aromatic heterocycles. The number of thiazole rings is 1. The van der Waals surface area contributed by atoms with Gasteiger partial charge in [0.25, 0.3) is 5.91 Å². The second kappa shape index (κ2) is 7.96. The van der Waals surface area contributed by atoms with Crippen molar-refractivity contribution in [2.45, 2.75) is 32.7 Å². The third kappa shape index (κ3) is 4.06. The average molecular weight is 381 g/mol. The van der Waals surface area contributed by atoms with E-state index < -0.39 is 0 Å². The van der Waals surface area contributed by atoms with E-state index in [0.29, 0.717) is 12.2 Å². The first-order chi connectivity index (χ1) is 13.2. The van der Waals surface area contributed by atoms with Crippen molar-refractivity contribution in [1.82, 2.24) is 9.55 Å². The predicted molar refractivity (Wildman–Crippen MR) is 111 cm³/mol. The molecule has 1 aliphatic heterocycles. The summed E-state index contributed by atoms with van der Waals surface area (Å²) in [5.41, 5.74) is 3.52. The lowest BCUT2D eigenvalue weighted by Gasteiger charge is -2.25. The van der Waals surface area contributed by atoms with E-state index in [1.54, 1.807) is 11.3 Å². The van der Waals surface area contributed by atoms with E-state index in [-0.39, 0.29) is 5.91 Å². The van der Waals surface area contributed by atoms with Crippen molar-refractivity contribution in [3.63, 3.8) is 0 Å². The van der Waals surface area contributed by atoms with Gasteiger partial charge in [-0.25, -0.2) is 4.98 Å². The molecule has 0 saturated carbocycles. The first kappa shape index (κ1) is 17.8. The molecule has 0 spiro atoms. The SMILES string of the molecule is Cc1ccc(C(=O)Nc2ccccc2)n1Cc1csc(N2CCCCC2)n1. The zero-order chi connectivity index (χ0) is 18.6. The number of nitrogens with one attached hydrogen (secondary N) is 1. The number of benzene rings is 1. The smallest absolute Gasteiger partial charge is 0.272 e. The number of carbonyl (C=O) groups is 1. The number of hydrogen-bond donors (Lipinski definition) is 1. The van der Waals surface area contributed by atoms with Crippen LogP contribution >= 0.6 is 11.3 Å². The number of rotatable bonds is 5. The molecule has 1 N–H and O–H groups in total. The van der Waals surface area contributed by atoms with Gasteiger partial charge in [-0.15, -0.1) is 11.3 Å². The van der Waals surface area contributed by atoms with Gasteiger partial charge >= 0.3 is 0 Å². The summed E-state index contributed by atoms with van der Waals surface area (Å²) in [5.74, 6) is -0.0965. The van der Waals surface area contributed by atoms with Crippen molar-refractivity contribution in [2.24, 2.45) is 0 Å². The van der Waals surface area contributed by atoms with E-state index in [2.05, 4.69) is 15.6 Å². The van der Waals surface area contributed by atoms with Crippen molar-refractivity contribution in [1.29, 1.82) is 0 Å². The maximum atomic E-state index is 12.7. The number of aromatic nitrogens is 2. The fourth-order valence-electron chi connectivity index (χ4n) is 3.46. The van der Waals surface area contributed by atoms with E-state index >= 15 is 0 Å². The number of anilines is 2. The summed E-state index contributed by atoms with van der Waals surface area (Å²) in [6.45, 7) is 4.83. The molecule has 1 saturated heterocycles. The maximum absolute atomic E-state index is 12.7. The Kier molecular flexibility index (Phi) is 5.25. The Morgan fingerprint density at radius 1 is 1.11 bits per heavy atom. The molecule has 0 radical (unpaired) electrons. The van der Waals surface area contributed by atoms with Gasteiger partial charge in [-0.3, -0.25) is 4.79 Å². The lowest BCUT2D eigenvalue weighted by molar-refractivity contribution is 0.101. The highest BCUT2D eigenvalue weighted by atomic mass is 32.1. The monoisotopic (exact) mass is 380 g/mol. The Morgan fingerprint density at radius 3 is 2.67 bits per heavy atom. The predicted octanol–water partition coefficient (Wildman–Crippen LogP) is 4.54. The van der Waals surface area contributed by atoms with Crippen LogP contribution in [0.15, 0.2) is 47.8 Å². The van der Waals surface area contributed by atoms with Crippen LogP contribution in [0.25, 0.3) is 0 Å². The third-order valence-electron chi connectivity index (χ3n) is 4.95. The summed E-state index contributed by atoms with van der Waals surface area (Å²) in [6.07, 6.45) is 3.81. The zero-order valence-electron chi connectivity index (χ0n) is 15.5. The minimum Gasteiger partial charge on any atom is -0.348 e. The summed E-state index contributed by atoms with van der Waals surface area (Å²) in [7, 11) is 0. The van der Waals surface area contributed by atoms with Crippen LogP contribution in [0.3, 0.4) is 0 Å². The van der Waals surface area contributed by atoms with E-state index in [1.165, 1.54) is 19.3 Å². The second-order valence-corrected chi connectivity index (χ2v) is 7.77. The molecule has 0 unspecified atom stereocenters. The Balaban J connectivity index is 1.50. The molecule has 0 bridgehead atoms. The number of aryl methyl sites for hydroxylation is 1. The number of hydrogen-bond acceptors (Lipinski definition) is 4. The molecular weight excluding hydrogens is 356 g/mol. The molecule has 1 aromatic carbocycles. The number of amides is 1. The molecule has 6 heteroatoms. The Morgan fingerprint density at radius 2 is 1.89 bits per heavy atom. The highest BCUT2D eigenvalue weighted by Crippen LogP contribution is 2.25. The lowest BCUT2D eigenvalue weighted by Crippen LogP contribution is -2.29. The van der Waals surface area contributed by atoms with Gasteiger partial charge < -0.3 is 14.8 Å². The summed E-state index contributed by atoms with van der Waals surface area (Å²) < 4.78 is 2.04. The molecule has 1 aliphatic rings. The molecule has 140 valence electrons. The highest BCUT2D eigenvalue weighted by molar-refractivity contribution is 7.13. The average Bonchev–Trinajstić information content (AvgIpc) is 3.31. The highest BCUT2D eigenvalue weighted by Gasteiger charge is 2.17. The summed E-state index contributed by atoms with van der Waals surface area (Å²) >= 11 is 1.70. The number of nitrogens with zero attached hydrogens (tertiary/aromatic N) is 3. The normalized spacial score (nSPS) is 14.3. The molecule has 3 aromatic rings. The molecule has 3 heterocycles. The van der Waals surface area contributed by atoms with Crippen molar-refractivity contribution in [3.05, 3.63) is 64.9 Å². The zero-order valence-corrected chi connectivity index (χ0v) is 16.3. The van der Waals surface area contributed by atoms with Crippen LogP contribution < -0.4 is 10.2 Å². The molecule has 5 nitrogen and oxygen atoms in total.